The van der Waals surface area contributed by atoms with E-state index in [1.807, 2.05) is 12.4 Å². The summed E-state index contributed by atoms with van der Waals surface area (Å²) in [6.07, 6.45) is 16.4. The molecule has 1 aromatic heterocycles. The van der Waals surface area contributed by atoms with Crippen molar-refractivity contribution in [3.05, 3.63) is 36.8 Å². The summed E-state index contributed by atoms with van der Waals surface area (Å²) in [6.45, 7) is 9.75. The maximum Gasteiger partial charge on any atom is 0.0397 e. The predicted molar refractivity (Wildman–Crippen MR) is 108 cm³/mol. The van der Waals surface area contributed by atoms with Crippen LogP contribution in [0.4, 0.5) is 5.69 Å². The molecule has 1 aromatic rings. The topological polar surface area (TPSA) is 22.6 Å². The van der Waals surface area contributed by atoms with E-state index in [0.717, 1.165) is 12.5 Å². The monoisotopic (exact) mass is 354 g/mol. The summed E-state index contributed by atoms with van der Waals surface area (Å²) in [5.41, 5.74) is 1.91. The third kappa shape index (κ3) is 3.90. The van der Waals surface area contributed by atoms with Crippen molar-refractivity contribution in [3.63, 3.8) is 0 Å². The first-order chi connectivity index (χ1) is 12.8. The van der Waals surface area contributed by atoms with Crippen LogP contribution in [-0.2, 0) is 0 Å². The molecular weight excluding hydrogens is 320 g/mol. The lowest BCUT2D eigenvalue weighted by Crippen LogP contribution is -2.49. The molecule has 4 heteroatoms. The van der Waals surface area contributed by atoms with Crippen LogP contribution in [-0.4, -0.2) is 60.1 Å². The molecule has 0 aliphatic carbocycles. The molecule has 3 aliphatic rings. The van der Waals surface area contributed by atoms with Crippen LogP contribution in [0.25, 0.3) is 0 Å². The Bertz CT molecular complexity index is 583. The molecule has 1 spiro atoms. The smallest absolute Gasteiger partial charge is 0.0397 e. The molecule has 0 bridgehead atoms. The van der Waals surface area contributed by atoms with E-state index >= 15 is 0 Å². The van der Waals surface area contributed by atoms with Gasteiger partial charge in [0.1, 0.15) is 0 Å². The van der Waals surface area contributed by atoms with Crippen LogP contribution in [0.1, 0.15) is 45.4 Å². The van der Waals surface area contributed by atoms with Gasteiger partial charge in [-0.1, -0.05) is 13.0 Å². The predicted octanol–water partition coefficient (Wildman–Crippen LogP) is 3.76. The maximum atomic E-state index is 4.16. The number of likely N-dealkylation sites (tertiary alicyclic amines) is 2. The molecule has 0 radical (unpaired) electrons. The van der Waals surface area contributed by atoms with Gasteiger partial charge in [-0.3, -0.25) is 4.98 Å². The average Bonchev–Trinajstić information content (AvgIpc) is 3.12. The zero-order valence-electron chi connectivity index (χ0n) is 16.3. The highest BCUT2D eigenvalue weighted by Gasteiger charge is 2.41. The summed E-state index contributed by atoms with van der Waals surface area (Å²) in [4.78, 5) is 12.1. The molecule has 0 atom stereocenters. The number of allylic oxidation sites excluding steroid dienone is 1. The van der Waals surface area contributed by atoms with E-state index in [-0.39, 0.29) is 0 Å². The van der Waals surface area contributed by atoms with E-state index in [4.69, 9.17) is 0 Å². The molecule has 0 amide bonds. The largest absolute Gasteiger partial charge is 0.378 e. The molecule has 0 aromatic carbocycles. The Hall–Kier alpha value is -1.55. The highest BCUT2D eigenvalue weighted by molar-refractivity contribution is 5.46. The Labute approximate surface area is 158 Å². The van der Waals surface area contributed by atoms with Crippen molar-refractivity contribution in [2.24, 2.45) is 5.41 Å². The van der Waals surface area contributed by atoms with Crippen molar-refractivity contribution in [2.75, 3.05) is 44.2 Å². The Kier molecular flexibility index (Phi) is 5.49. The van der Waals surface area contributed by atoms with Crippen molar-refractivity contribution >= 4 is 5.69 Å². The second kappa shape index (κ2) is 7.99. The number of pyridine rings is 1. The van der Waals surface area contributed by atoms with Gasteiger partial charge in [0.05, 0.1) is 0 Å². The fraction of sp³-hybridized carbons (Fsp3) is 0.682. The first-order valence-electron chi connectivity index (χ1n) is 10.6. The SMILES string of the molecule is CC/C=C\N1CCC(N2CCC3(CCN(c4ccncc4)C3)CC2)CC1. The van der Waals surface area contributed by atoms with Crippen LogP contribution in [0, 0.1) is 5.41 Å². The molecule has 3 fully saturated rings. The minimum Gasteiger partial charge on any atom is -0.378 e. The van der Waals surface area contributed by atoms with E-state index < -0.39 is 0 Å². The van der Waals surface area contributed by atoms with Crippen LogP contribution < -0.4 is 4.90 Å². The summed E-state index contributed by atoms with van der Waals surface area (Å²) >= 11 is 0. The molecule has 0 saturated carbocycles. The van der Waals surface area contributed by atoms with E-state index in [0.29, 0.717) is 5.41 Å². The van der Waals surface area contributed by atoms with Crippen LogP contribution in [0.5, 0.6) is 0 Å². The summed E-state index contributed by atoms with van der Waals surface area (Å²) < 4.78 is 0. The maximum absolute atomic E-state index is 4.16. The van der Waals surface area contributed by atoms with Crippen molar-refractivity contribution in [2.45, 2.75) is 51.5 Å². The minimum atomic E-state index is 0.560. The van der Waals surface area contributed by atoms with E-state index in [9.17, 15) is 0 Å². The van der Waals surface area contributed by atoms with Crippen molar-refractivity contribution in [1.29, 1.82) is 0 Å². The summed E-state index contributed by atoms with van der Waals surface area (Å²) in [5.74, 6) is 0. The molecular formula is C22H34N4. The zero-order valence-corrected chi connectivity index (χ0v) is 16.3. The van der Waals surface area contributed by atoms with Crippen LogP contribution >= 0.6 is 0 Å². The minimum absolute atomic E-state index is 0.560. The molecule has 3 aliphatic heterocycles. The number of hydrogen-bond acceptors (Lipinski definition) is 4. The van der Waals surface area contributed by atoms with Gasteiger partial charge in [-0.15, -0.1) is 0 Å². The standard InChI is InChI=1S/C22H34N4/c1-2-3-13-24-14-6-21(7-15-24)25-16-8-22(9-17-25)10-18-26(19-22)20-4-11-23-12-5-20/h3-5,11-13,21H,2,6-10,14-19H2,1H3/b13-3-. The number of aromatic nitrogens is 1. The lowest BCUT2D eigenvalue weighted by Gasteiger charge is -2.45. The van der Waals surface area contributed by atoms with Gasteiger partial charge in [0.2, 0.25) is 0 Å². The van der Waals surface area contributed by atoms with Crippen LogP contribution in [0.2, 0.25) is 0 Å². The van der Waals surface area contributed by atoms with E-state index in [1.165, 1.54) is 77.1 Å². The molecule has 0 unspecified atom stereocenters. The van der Waals surface area contributed by atoms with Crippen LogP contribution in [0.3, 0.4) is 0 Å². The number of nitrogens with zero attached hydrogens (tertiary/aromatic N) is 4. The van der Waals surface area contributed by atoms with Crippen molar-refractivity contribution in [1.82, 2.24) is 14.8 Å². The normalized spacial score (nSPS) is 24.8. The van der Waals surface area contributed by atoms with Gasteiger partial charge in [-0.25, -0.2) is 0 Å². The molecule has 26 heavy (non-hydrogen) atoms. The number of rotatable bonds is 4. The van der Waals surface area contributed by atoms with Gasteiger partial charge >= 0.3 is 0 Å². The van der Waals surface area contributed by atoms with Gasteiger partial charge in [-0.2, -0.15) is 0 Å². The zero-order chi connectivity index (χ0) is 17.8. The number of piperidine rings is 2. The third-order valence-electron chi connectivity index (χ3n) is 6.89. The van der Waals surface area contributed by atoms with Gasteiger partial charge < -0.3 is 14.7 Å². The average molecular weight is 355 g/mol. The summed E-state index contributed by atoms with van der Waals surface area (Å²) in [6, 6.07) is 5.14. The molecule has 4 nitrogen and oxygen atoms in total. The van der Waals surface area contributed by atoms with Gasteiger partial charge in [-0.05, 0) is 75.4 Å². The Morgan fingerprint density at radius 3 is 2.42 bits per heavy atom. The Morgan fingerprint density at radius 1 is 1.04 bits per heavy atom. The quantitative estimate of drug-likeness (QED) is 0.821. The summed E-state index contributed by atoms with van der Waals surface area (Å²) in [7, 11) is 0. The lowest BCUT2D eigenvalue weighted by atomic mass is 9.77. The van der Waals surface area contributed by atoms with Crippen LogP contribution in [0.15, 0.2) is 36.8 Å². The molecule has 142 valence electrons. The molecule has 4 heterocycles. The first-order valence-corrected chi connectivity index (χ1v) is 10.6. The van der Waals surface area contributed by atoms with E-state index in [1.54, 1.807) is 0 Å². The van der Waals surface area contributed by atoms with Gasteiger partial charge in [0.25, 0.3) is 0 Å². The third-order valence-corrected chi connectivity index (χ3v) is 6.89. The number of hydrogen-bond donors (Lipinski definition) is 0. The summed E-state index contributed by atoms with van der Waals surface area (Å²) in [5, 5.41) is 0. The second-order valence-corrected chi connectivity index (χ2v) is 8.47. The Balaban J connectivity index is 1.27. The van der Waals surface area contributed by atoms with Gasteiger partial charge in [0.15, 0.2) is 0 Å². The van der Waals surface area contributed by atoms with Crippen molar-refractivity contribution < 1.29 is 0 Å². The first kappa shape index (κ1) is 17.8. The Morgan fingerprint density at radius 2 is 1.73 bits per heavy atom. The molecule has 3 saturated heterocycles. The fourth-order valence-corrected chi connectivity index (χ4v) is 5.14. The van der Waals surface area contributed by atoms with Gasteiger partial charge in [0, 0.05) is 50.3 Å². The number of anilines is 1. The fourth-order valence-electron chi connectivity index (χ4n) is 5.14. The highest BCUT2D eigenvalue weighted by Crippen LogP contribution is 2.42. The van der Waals surface area contributed by atoms with E-state index in [2.05, 4.69) is 51.0 Å². The second-order valence-electron chi connectivity index (χ2n) is 8.47. The van der Waals surface area contributed by atoms with Crippen molar-refractivity contribution in [3.8, 4) is 0 Å². The molecule has 0 N–H and O–H groups in total. The lowest BCUT2D eigenvalue weighted by molar-refractivity contribution is 0.0590. The molecule has 4 rings (SSSR count). The highest BCUT2D eigenvalue weighted by atomic mass is 15.2.